The summed E-state index contributed by atoms with van der Waals surface area (Å²) in [6, 6.07) is 3.29. The summed E-state index contributed by atoms with van der Waals surface area (Å²) >= 11 is 6.05. The lowest BCUT2D eigenvalue weighted by molar-refractivity contribution is 0.280. The monoisotopic (exact) mass is 344 g/mol. The van der Waals surface area contributed by atoms with E-state index in [0.29, 0.717) is 21.5 Å². The van der Waals surface area contributed by atoms with Gasteiger partial charge in [0.2, 0.25) is 0 Å². The van der Waals surface area contributed by atoms with Gasteiger partial charge in [0.1, 0.15) is 9.20 Å². The summed E-state index contributed by atoms with van der Waals surface area (Å²) in [5.41, 5.74) is 5.55. The van der Waals surface area contributed by atoms with Crippen molar-refractivity contribution in [2.75, 3.05) is 13.6 Å². The number of nitrogens with two attached hydrogens (primary N) is 1. The lowest BCUT2D eigenvalue weighted by Gasteiger charge is -2.26. The molecule has 1 aromatic heterocycles. The van der Waals surface area contributed by atoms with E-state index in [0.717, 1.165) is 23.2 Å². The van der Waals surface area contributed by atoms with E-state index in [1.807, 2.05) is 0 Å². The minimum absolute atomic E-state index is 0.247. The maximum Gasteiger partial charge on any atom is 0.252 e. The Labute approximate surface area is 135 Å². The molecular formula is C14H20N2O2S3. The lowest BCUT2D eigenvalue weighted by atomic mass is 9.89. The molecule has 2 fully saturated rings. The quantitative estimate of drug-likeness (QED) is 0.833. The Kier molecular flexibility index (Phi) is 4.11. The van der Waals surface area contributed by atoms with Crippen LogP contribution in [0.5, 0.6) is 0 Å². The first kappa shape index (κ1) is 15.4. The van der Waals surface area contributed by atoms with Gasteiger partial charge in [-0.3, -0.25) is 0 Å². The van der Waals surface area contributed by atoms with Crippen molar-refractivity contribution in [3.63, 3.8) is 0 Å². The van der Waals surface area contributed by atoms with E-state index in [1.54, 1.807) is 19.2 Å². The summed E-state index contributed by atoms with van der Waals surface area (Å²) in [4.78, 5) is 0.897. The van der Waals surface area contributed by atoms with Gasteiger partial charge in [0.15, 0.2) is 0 Å². The second-order valence-corrected chi connectivity index (χ2v) is 10.00. The highest BCUT2D eigenvalue weighted by Crippen LogP contribution is 2.48. The number of hydrogen-bond donors (Lipinski definition) is 1. The highest BCUT2D eigenvalue weighted by molar-refractivity contribution is 7.91. The van der Waals surface area contributed by atoms with Gasteiger partial charge in [0, 0.05) is 13.6 Å². The first-order valence-electron chi connectivity index (χ1n) is 7.24. The van der Waals surface area contributed by atoms with E-state index in [9.17, 15) is 8.42 Å². The molecule has 0 radical (unpaired) electrons. The van der Waals surface area contributed by atoms with E-state index in [-0.39, 0.29) is 4.99 Å². The van der Waals surface area contributed by atoms with Crippen LogP contribution in [0.25, 0.3) is 0 Å². The van der Waals surface area contributed by atoms with Crippen molar-refractivity contribution in [3.8, 4) is 0 Å². The molecular weight excluding hydrogens is 324 g/mol. The van der Waals surface area contributed by atoms with Crippen LogP contribution in [-0.2, 0) is 10.0 Å². The number of hydrogen-bond acceptors (Lipinski definition) is 4. The van der Waals surface area contributed by atoms with Gasteiger partial charge in [-0.15, -0.1) is 11.3 Å². The molecule has 4 nitrogen and oxygen atoms in total. The first-order valence-corrected chi connectivity index (χ1v) is 9.90. The fourth-order valence-corrected chi connectivity index (χ4v) is 6.56. The number of thiocarbonyl (C=S) groups is 1. The second kappa shape index (κ2) is 5.61. The van der Waals surface area contributed by atoms with Crippen molar-refractivity contribution in [2.45, 2.75) is 29.9 Å². The molecule has 3 atom stereocenters. The Morgan fingerprint density at radius 2 is 2.19 bits per heavy atom. The zero-order valence-electron chi connectivity index (χ0n) is 12.0. The molecule has 2 aliphatic carbocycles. The van der Waals surface area contributed by atoms with Gasteiger partial charge >= 0.3 is 0 Å². The highest BCUT2D eigenvalue weighted by Gasteiger charge is 2.41. The van der Waals surface area contributed by atoms with Crippen LogP contribution in [0.1, 0.15) is 30.6 Å². The predicted octanol–water partition coefficient (Wildman–Crippen LogP) is 2.44. The largest absolute Gasteiger partial charge is 0.389 e. The Morgan fingerprint density at radius 1 is 1.43 bits per heavy atom. The van der Waals surface area contributed by atoms with Gasteiger partial charge in [0.05, 0.1) is 4.88 Å². The molecule has 0 amide bonds. The Balaban J connectivity index is 1.73. The van der Waals surface area contributed by atoms with Crippen LogP contribution in [0, 0.1) is 17.8 Å². The molecule has 1 heterocycles. The van der Waals surface area contributed by atoms with Gasteiger partial charge in [-0.2, -0.15) is 4.31 Å². The Bertz CT molecular complexity index is 653. The van der Waals surface area contributed by atoms with Crippen LogP contribution in [0.3, 0.4) is 0 Å². The number of nitrogens with zero attached hydrogens (tertiary/aromatic N) is 1. The molecule has 0 aliphatic heterocycles. The fourth-order valence-electron chi connectivity index (χ4n) is 3.77. The minimum atomic E-state index is -3.42. The van der Waals surface area contributed by atoms with Crippen LogP contribution >= 0.6 is 23.6 Å². The summed E-state index contributed by atoms with van der Waals surface area (Å²) in [7, 11) is -1.74. The van der Waals surface area contributed by atoms with Crippen LogP contribution in [0.4, 0.5) is 0 Å². The van der Waals surface area contributed by atoms with Crippen molar-refractivity contribution in [1.29, 1.82) is 0 Å². The van der Waals surface area contributed by atoms with Crippen molar-refractivity contribution >= 4 is 38.6 Å². The zero-order valence-corrected chi connectivity index (χ0v) is 14.4. The third-order valence-corrected chi connectivity index (χ3v) is 8.62. The number of fused-ring (bicyclic) bond motifs is 2. The van der Waals surface area contributed by atoms with E-state index in [4.69, 9.17) is 18.0 Å². The summed E-state index contributed by atoms with van der Waals surface area (Å²) in [6.45, 7) is 0.629. The fraction of sp³-hybridized carbons (Fsp3) is 0.643. The smallest absolute Gasteiger partial charge is 0.252 e. The summed E-state index contributed by atoms with van der Waals surface area (Å²) in [5.74, 6) is 2.08. The molecule has 2 aliphatic rings. The molecule has 1 aromatic rings. The summed E-state index contributed by atoms with van der Waals surface area (Å²) < 4.78 is 27.1. The van der Waals surface area contributed by atoms with Gasteiger partial charge in [-0.1, -0.05) is 18.6 Å². The zero-order chi connectivity index (χ0) is 15.2. The minimum Gasteiger partial charge on any atom is -0.389 e. The maximum atomic E-state index is 12.6. The molecule has 116 valence electrons. The van der Waals surface area contributed by atoms with Crippen molar-refractivity contribution in [3.05, 3.63) is 17.0 Å². The second-order valence-electron chi connectivity index (χ2n) is 6.20. The molecule has 0 aromatic carbocycles. The average molecular weight is 345 g/mol. The maximum absolute atomic E-state index is 12.6. The SMILES string of the molecule is CN(CC1CC2CCC1C2)S(=O)(=O)c1ccc(C(N)=S)s1. The average Bonchev–Trinajstić information content (AvgIpc) is 3.14. The summed E-state index contributed by atoms with van der Waals surface area (Å²) in [5, 5.41) is 0. The third-order valence-electron chi connectivity index (χ3n) is 4.86. The molecule has 2 N–H and O–H groups in total. The van der Waals surface area contributed by atoms with E-state index < -0.39 is 10.0 Å². The molecule has 3 rings (SSSR count). The molecule has 0 spiro atoms. The van der Waals surface area contributed by atoms with Crippen molar-refractivity contribution in [2.24, 2.45) is 23.5 Å². The summed E-state index contributed by atoms with van der Waals surface area (Å²) in [6.07, 6.45) is 5.09. The first-order chi connectivity index (χ1) is 9.88. The predicted molar refractivity (Wildman–Crippen MR) is 89.0 cm³/mol. The van der Waals surface area contributed by atoms with E-state index in [2.05, 4.69) is 0 Å². The Hall–Kier alpha value is -0.500. The number of rotatable bonds is 5. The molecule has 0 saturated heterocycles. The van der Waals surface area contributed by atoms with Gasteiger partial charge in [-0.25, -0.2) is 8.42 Å². The molecule has 7 heteroatoms. The standard InChI is InChI=1S/C14H20N2O2S3/c1-16(8-11-7-9-2-3-10(11)6-9)21(17,18)13-5-4-12(20-13)14(15)19/h4-5,9-11H,2-3,6-8H2,1H3,(H2,15,19). The topological polar surface area (TPSA) is 63.4 Å². The molecule has 2 bridgehead atoms. The van der Waals surface area contributed by atoms with Gasteiger partial charge in [-0.05, 0) is 49.1 Å². The molecule has 3 unspecified atom stereocenters. The van der Waals surface area contributed by atoms with Gasteiger partial charge < -0.3 is 5.73 Å². The molecule has 2 saturated carbocycles. The molecule has 21 heavy (non-hydrogen) atoms. The van der Waals surface area contributed by atoms with Crippen molar-refractivity contribution in [1.82, 2.24) is 4.31 Å². The Morgan fingerprint density at radius 3 is 2.71 bits per heavy atom. The van der Waals surface area contributed by atoms with E-state index in [1.165, 1.54) is 30.0 Å². The van der Waals surface area contributed by atoms with Crippen molar-refractivity contribution < 1.29 is 8.42 Å². The third kappa shape index (κ3) is 2.88. The highest BCUT2D eigenvalue weighted by atomic mass is 32.2. The van der Waals surface area contributed by atoms with Crippen LogP contribution in [0.15, 0.2) is 16.3 Å². The van der Waals surface area contributed by atoms with Gasteiger partial charge in [0.25, 0.3) is 10.0 Å². The number of sulfonamides is 1. The van der Waals surface area contributed by atoms with Crippen LogP contribution < -0.4 is 5.73 Å². The van der Waals surface area contributed by atoms with Crippen LogP contribution in [0.2, 0.25) is 0 Å². The normalized spacial score (nSPS) is 28.4. The number of thiophene rings is 1. The van der Waals surface area contributed by atoms with E-state index >= 15 is 0 Å². The van der Waals surface area contributed by atoms with Crippen LogP contribution in [-0.4, -0.2) is 31.3 Å². The lowest BCUT2D eigenvalue weighted by Crippen LogP contribution is -2.33.